The van der Waals surface area contributed by atoms with E-state index in [-0.39, 0.29) is 12.4 Å². The van der Waals surface area contributed by atoms with E-state index in [1.165, 1.54) is 6.20 Å². The topological polar surface area (TPSA) is 63.0 Å². The summed E-state index contributed by atoms with van der Waals surface area (Å²) < 4.78 is 4.78. The van der Waals surface area contributed by atoms with Crippen molar-refractivity contribution in [3.05, 3.63) is 29.6 Å². The number of carbonyl (C=O) groups excluding carboxylic acids is 1. The molecule has 1 aromatic heterocycles. The molecule has 1 aromatic rings. The number of rotatable bonds is 3. The van der Waals surface area contributed by atoms with Crippen LogP contribution in [0.25, 0.3) is 0 Å². The molecule has 72 valence electrons. The Balaban J connectivity index is 2.68. The van der Waals surface area contributed by atoms with Crippen molar-refractivity contribution in [3.63, 3.8) is 0 Å². The molecule has 4 heteroatoms. The summed E-state index contributed by atoms with van der Waals surface area (Å²) in [5, 5.41) is 8.57. The van der Waals surface area contributed by atoms with Crippen molar-refractivity contribution in [2.75, 3.05) is 6.61 Å². The molecule has 1 heterocycles. The van der Waals surface area contributed by atoms with Gasteiger partial charge in [0, 0.05) is 6.20 Å². The first kappa shape index (κ1) is 10.2. The van der Waals surface area contributed by atoms with Crippen molar-refractivity contribution in [2.24, 2.45) is 0 Å². The second-order valence-corrected chi connectivity index (χ2v) is 2.64. The zero-order valence-corrected chi connectivity index (χ0v) is 7.86. The average molecular weight is 190 g/mol. The van der Waals surface area contributed by atoms with Crippen LogP contribution in [-0.4, -0.2) is 17.6 Å². The lowest BCUT2D eigenvalue weighted by atomic mass is 10.2. The normalized spacial score (nSPS) is 9.14. The lowest BCUT2D eigenvalue weighted by molar-refractivity contribution is -0.142. The number of hydrogen-bond acceptors (Lipinski definition) is 4. The molecule has 0 atom stereocenters. The summed E-state index contributed by atoms with van der Waals surface area (Å²) in [4.78, 5) is 14.9. The van der Waals surface area contributed by atoms with Crippen LogP contribution in [0.4, 0.5) is 0 Å². The zero-order valence-electron chi connectivity index (χ0n) is 7.86. The molecule has 0 unspecified atom stereocenters. The van der Waals surface area contributed by atoms with Crippen LogP contribution in [0.2, 0.25) is 0 Å². The SMILES string of the molecule is CCOC(=O)Cc1ccnc(C#N)c1. The van der Waals surface area contributed by atoms with Crippen LogP contribution in [0.5, 0.6) is 0 Å². The van der Waals surface area contributed by atoms with Gasteiger partial charge in [0.15, 0.2) is 0 Å². The first-order valence-corrected chi connectivity index (χ1v) is 4.27. The minimum Gasteiger partial charge on any atom is -0.466 e. The highest BCUT2D eigenvalue weighted by molar-refractivity contribution is 5.72. The lowest BCUT2D eigenvalue weighted by Gasteiger charge is -2.01. The molecule has 0 spiro atoms. The Morgan fingerprint density at radius 3 is 3.14 bits per heavy atom. The van der Waals surface area contributed by atoms with Crippen LogP contribution in [0.3, 0.4) is 0 Å². The van der Waals surface area contributed by atoms with Crippen LogP contribution >= 0.6 is 0 Å². The maximum atomic E-state index is 11.1. The third-order valence-electron chi connectivity index (χ3n) is 1.59. The molecular formula is C10H10N2O2. The third-order valence-corrected chi connectivity index (χ3v) is 1.59. The zero-order chi connectivity index (χ0) is 10.4. The van der Waals surface area contributed by atoms with Gasteiger partial charge in [0.2, 0.25) is 0 Å². The maximum absolute atomic E-state index is 11.1. The van der Waals surface area contributed by atoms with E-state index >= 15 is 0 Å². The third kappa shape index (κ3) is 2.87. The minimum absolute atomic E-state index is 0.186. The fraction of sp³-hybridized carbons (Fsp3) is 0.300. The average Bonchev–Trinajstić information content (AvgIpc) is 2.18. The molecule has 0 aliphatic heterocycles. The van der Waals surface area contributed by atoms with Gasteiger partial charge in [0.25, 0.3) is 0 Å². The smallest absolute Gasteiger partial charge is 0.310 e. The number of aromatic nitrogens is 1. The highest BCUT2D eigenvalue weighted by Crippen LogP contribution is 2.02. The molecule has 14 heavy (non-hydrogen) atoms. The van der Waals surface area contributed by atoms with Crippen molar-refractivity contribution in [2.45, 2.75) is 13.3 Å². The molecule has 0 amide bonds. The fourth-order valence-electron chi connectivity index (χ4n) is 1.02. The number of hydrogen-bond donors (Lipinski definition) is 0. The Morgan fingerprint density at radius 1 is 1.71 bits per heavy atom. The Hall–Kier alpha value is -1.89. The summed E-state index contributed by atoms with van der Waals surface area (Å²) in [5.74, 6) is -0.289. The first-order chi connectivity index (χ1) is 6.76. The lowest BCUT2D eigenvalue weighted by Crippen LogP contribution is -2.07. The predicted molar refractivity (Wildman–Crippen MR) is 49.3 cm³/mol. The van der Waals surface area contributed by atoms with Crippen LogP contribution in [-0.2, 0) is 16.0 Å². The Labute approximate surface area is 82.1 Å². The maximum Gasteiger partial charge on any atom is 0.310 e. The van der Waals surface area contributed by atoms with Gasteiger partial charge < -0.3 is 4.74 Å². The van der Waals surface area contributed by atoms with Crippen LogP contribution in [0.1, 0.15) is 18.2 Å². The fourth-order valence-corrected chi connectivity index (χ4v) is 1.02. The van der Waals surface area contributed by atoms with Crippen molar-refractivity contribution in [1.29, 1.82) is 5.26 Å². The molecule has 0 bridgehead atoms. The Morgan fingerprint density at radius 2 is 2.50 bits per heavy atom. The highest BCUT2D eigenvalue weighted by Gasteiger charge is 2.04. The van der Waals surface area contributed by atoms with Gasteiger partial charge in [-0.1, -0.05) is 0 Å². The van der Waals surface area contributed by atoms with Crippen molar-refractivity contribution >= 4 is 5.97 Å². The number of carbonyl (C=O) groups is 1. The summed E-state index contributed by atoms with van der Waals surface area (Å²) in [6.07, 6.45) is 1.69. The van der Waals surface area contributed by atoms with E-state index in [9.17, 15) is 4.79 Å². The Bertz CT molecular complexity index is 369. The van der Waals surface area contributed by atoms with E-state index in [4.69, 9.17) is 10.00 Å². The largest absolute Gasteiger partial charge is 0.466 e. The standard InChI is InChI=1S/C10H10N2O2/c1-2-14-10(13)6-8-3-4-12-9(5-8)7-11/h3-5H,2,6H2,1H3. The number of ether oxygens (including phenoxy) is 1. The van der Waals surface area contributed by atoms with Gasteiger partial charge >= 0.3 is 5.97 Å². The molecule has 0 aliphatic rings. The van der Waals surface area contributed by atoms with Crippen molar-refractivity contribution < 1.29 is 9.53 Å². The van der Waals surface area contributed by atoms with E-state index in [0.717, 1.165) is 5.56 Å². The molecule has 0 saturated heterocycles. The summed E-state index contributed by atoms with van der Waals surface area (Å²) in [6.45, 7) is 2.13. The Kier molecular flexibility index (Phi) is 3.62. The molecule has 0 saturated carbocycles. The highest BCUT2D eigenvalue weighted by atomic mass is 16.5. The molecule has 4 nitrogen and oxygen atoms in total. The van der Waals surface area contributed by atoms with Crippen LogP contribution in [0.15, 0.2) is 18.3 Å². The summed E-state index contributed by atoms with van der Waals surface area (Å²) in [6, 6.07) is 5.18. The van der Waals surface area contributed by atoms with E-state index in [1.54, 1.807) is 19.1 Å². The first-order valence-electron chi connectivity index (χ1n) is 4.27. The van der Waals surface area contributed by atoms with Crippen LogP contribution in [0, 0.1) is 11.3 Å². The van der Waals surface area contributed by atoms with Crippen LogP contribution < -0.4 is 0 Å². The van der Waals surface area contributed by atoms with Crippen molar-refractivity contribution in [1.82, 2.24) is 4.98 Å². The summed E-state index contributed by atoms with van der Waals surface area (Å²) in [7, 11) is 0. The van der Waals surface area contributed by atoms with Gasteiger partial charge in [-0.2, -0.15) is 5.26 Å². The van der Waals surface area contributed by atoms with Gasteiger partial charge in [-0.3, -0.25) is 4.79 Å². The van der Waals surface area contributed by atoms with E-state index in [1.807, 2.05) is 6.07 Å². The summed E-state index contributed by atoms with van der Waals surface area (Å²) >= 11 is 0. The van der Waals surface area contributed by atoms with E-state index < -0.39 is 0 Å². The monoisotopic (exact) mass is 190 g/mol. The number of nitriles is 1. The molecular weight excluding hydrogens is 180 g/mol. The van der Waals surface area contributed by atoms with Gasteiger partial charge in [-0.25, -0.2) is 4.98 Å². The molecule has 0 N–H and O–H groups in total. The second kappa shape index (κ2) is 4.97. The van der Waals surface area contributed by atoms with Gasteiger partial charge in [-0.05, 0) is 24.6 Å². The molecule has 0 radical (unpaired) electrons. The molecule has 1 rings (SSSR count). The number of esters is 1. The van der Waals surface area contributed by atoms with Gasteiger partial charge in [-0.15, -0.1) is 0 Å². The summed E-state index contributed by atoms with van der Waals surface area (Å²) in [5.41, 5.74) is 1.06. The predicted octanol–water partition coefficient (Wildman–Crippen LogP) is 1.06. The van der Waals surface area contributed by atoms with Crippen molar-refractivity contribution in [3.8, 4) is 6.07 Å². The second-order valence-electron chi connectivity index (χ2n) is 2.64. The molecule has 0 aliphatic carbocycles. The quantitative estimate of drug-likeness (QED) is 0.668. The van der Waals surface area contributed by atoms with Gasteiger partial charge in [0.05, 0.1) is 13.0 Å². The van der Waals surface area contributed by atoms with Gasteiger partial charge in [0.1, 0.15) is 11.8 Å². The number of nitrogens with zero attached hydrogens (tertiary/aromatic N) is 2. The van der Waals surface area contributed by atoms with E-state index in [0.29, 0.717) is 12.3 Å². The molecule has 0 fully saturated rings. The van der Waals surface area contributed by atoms with E-state index in [2.05, 4.69) is 4.98 Å². The minimum atomic E-state index is -0.289. The number of pyridine rings is 1. The molecule has 0 aromatic carbocycles.